The highest BCUT2D eigenvalue weighted by Gasteiger charge is 2.47. The smallest absolute Gasteiger partial charge is 0.123 e. The molecule has 1 aromatic rings. The van der Waals surface area contributed by atoms with Crippen LogP contribution in [0.3, 0.4) is 0 Å². The van der Waals surface area contributed by atoms with E-state index in [1.54, 1.807) is 7.11 Å². The lowest BCUT2D eigenvalue weighted by atomic mass is 9.93. The Balaban J connectivity index is 1.84. The molecule has 0 amide bonds. The van der Waals surface area contributed by atoms with Crippen molar-refractivity contribution in [2.75, 3.05) is 7.11 Å². The molecule has 0 N–H and O–H groups in total. The second-order valence-corrected chi connectivity index (χ2v) is 6.62. The Bertz CT molecular complexity index is 419. The molecule has 92 valence electrons. The van der Waals surface area contributed by atoms with Gasteiger partial charge in [-0.1, -0.05) is 33.6 Å². The number of aryl methyl sites for hydroxylation is 1. The average molecular weight is 295 g/mol. The van der Waals surface area contributed by atoms with Crippen LogP contribution in [0, 0.1) is 24.7 Å². The standard InChI is InChI=1S/C15H19BrO/c1-9-3-4-14(17-2)13(5-9)15(16)12-7-10-6-11(10)8-12/h3-5,10-12,15H,6-8H2,1-2H3. The molecule has 3 rings (SSSR count). The summed E-state index contributed by atoms with van der Waals surface area (Å²) in [5.74, 6) is 3.90. The summed E-state index contributed by atoms with van der Waals surface area (Å²) in [6.45, 7) is 2.15. The number of halogens is 1. The summed E-state index contributed by atoms with van der Waals surface area (Å²) in [5.41, 5.74) is 2.65. The molecule has 2 saturated carbocycles. The van der Waals surface area contributed by atoms with Gasteiger partial charge >= 0.3 is 0 Å². The second-order valence-electron chi connectivity index (χ2n) is 5.63. The number of methoxy groups -OCH3 is 1. The number of rotatable bonds is 3. The van der Waals surface area contributed by atoms with Crippen LogP contribution < -0.4 is 4.74 Å². The van der Waals surface area contributed by atoms with Crippen LogP contribution in [0.2, 0.25) is 0 Å². The van der Waals surface area contributed by atoms with E-state index in [1.165, 1.54) is 30.4 Å². The summed E-state index contributed by atoms with van der Waals surface area (Å²) in [5, 5.41) is 0. The average Bonchev–Trinajstić information content (AvgIpc) is 2.95. The Kier molecular flexibility index (Phi) is 2.94. The Morgan fingerprint density at radius 1 is 1.24 bits per heavy atom. The molecular formula is C15H19BrO. The fourth-order valence-corrected chi connectivity index (χ4v) is 4.11. The summed E-state index contributed by atoms with van der Waals surface area (Å²) in [6.07, 6.45) is 4.29. The Hall–Kier alpha value is -0.500. The second kappa shape index (κ2) is 4.31. The molecule has 0 saturated heterocycles. The first kappa shape index (κ1) is 11.6. The van der Waals surface area contributed by atoms with Gasteiger partial charge in [-0.05, 0) is 50.0 Å². The van der Waals surface area contributed by atoms with Crippen LogP contribution in [0.4, 0.5) is 0 Å². The third-order valence-electron chi connectivity index (χ3n) is 4.38. The first-order chi connectivity index (χ1) is 8.19. The van der Waals surface area contributed by atoms with Crippen molar-refractivity contribution < 1.29 is 4.74 Å². The summed E-state index contributed by atoms with van der Waals surface area (Å²) < 4.78 is 5.49. The van der Waals surface area contributed by atoms with Crippen LogP contribution in [0.25, 0.3) is 0 Å². The summed E-state index contributed by atoms with van der Waals surface area (Å²) in [4.78, 5) is 0.463. The van der Waals surface area contributed by atoms with Crippen molar-refractivity contribution in [2.45, 2.75) is 31.0 Å². The predicted octanol–water partition coefficient (Wildman–Crippen LogP) is 4.49. The molecule has 0 aliphatic heterocycles. The lowest BCUT2D eigenvalue weighted by Gasteiger charge is -2.22. The zero-order chi connectivity index (χ0) is 12.0. The third-order valence-corrected chi connectivity index (χ3v) is 5.62. The molecule has 3 unspecified atom stereocenters. The van der Waals surface area contributed by atoms with E-state index >= 15 is 0 Å². The number of hydrogen-bond acceptors (Lipinski definition) is 1. The fraction of sp³-hybridized carbons (Fsp3) is 0.600. The van der Waals surface area contributed by atoms with Gasteiger partial charge in [0.2, 0.25) is 0 Å². The Morgan fingerprint density at radius 2 is 1.94 bits per heavy atom. The predicted molar refractivity (Wildman–Crippen MR) is 73.7 cm³/mol. The highest BCUT2D eigenvalue weighted by atomic mass is 79.9. The molecule has 1 nitrogen and oxygen atoms in total. The maximum absolute atomic E-state index is 5.49. The molecular weight excluding hydrogens is 276 g/mol. The molecule has 2 aliphatic rings. The molecule has 0 radical (unpaired) electrons. The summed E-state index contributed by atoms with van der Waals surface area (Å²) in [7, 11) is 1.76. The molecule has 1 aromatic carbocycles. The minimum atomic E-state index is 0.463. The number of hydrogen-bond donors (Lipinski definition) is 0. The van der Waals surface area contributed by atoms with E-state index in [1.807, 2.05) is 0 Å². The third kappa shape index (κ3) is 2.12. The van der Waals surface area contributed by atoms with E-state index in [2.05, 4.69) is 41.1 Å². The highest BCUT2D eigenvalue weighted by molar-refractivity contribution is 9.09. The molecule has 2 fully saturated rings. The zero-order valence-corrected chi connectivity index (χ0v) is 12.0. The summed E-state index contributed by atoms with van der Waals surface area (Å²) >= 11 is 3.91. The van der Waals surface area contributed by atoms with Crippen LogP contribution >= 0.6 is 15.9 Å². The van der Waals surface area contributed by atoms with E-state index in [9.17, 15) is 0 Å². The van der Waals surface area contributed by atoms with Gasteiger partial charge in [0.15, 0.2) is 0 Å². The van der Waals surface area contributed by atoms with Crippen molar-refractivity contribution >= 4 is 15.9 Å². The molecule has 2 aliphatic carbocycles. The van der Waals surface area contributed by atoms with Gasteiger partial charge < -0.3 is 4.74 Å². The first-order valence-electron chi connectivity index (χ1n) is 6.47. The van der Waals surface area contributed by atoms with Gasteiger partial charge in [0, 0.05) is 10.4 Å². The fourth-order valence-electron chi connectivity index (χ4n) is 3.32. The van der Waals surface area contributed by atoms with Crippen molar-refractivity contribution in [3.8, 4) is 5.75 Å². The molecule has 0 heterocycles. The normalized spacial score (nSPS) is 32.1. The number of ether oxygens (including phenoxy) is 1. The monoisotopic (exact) mass is 294 g/mol. The van der Waals surface area contributed by atoms with Gasteiger partial charge in [0.05, 0.1) is 7.11 Å². The van der Waals surface area contributed by atoms with Crippen molar-refractivity contribution in [2.24, 2.45) is 17.8 Å². The molecule has 0 bridgehead atoms. The zero-order valence-electron chi connectivity index (χ0n) is 10.4. The van der Waals surface area contributed by atoms with E-state index in [0.717, 1.165) is 23.5 Å². The topological polar surface area (TPSA) is 9.23 Å². The van der Waals surface area contributed by atoms with Crippen molar-refractivity contribution in [3.05, 3.63) is 29.3 Å². The first-order valence-corrected chi connectivity index (χ1v) is 7.39. The van der Waals surface area contributed by atoms with Gasteiger partial charge in [0.25, 0.3) is 0 Å². The quantitative estimate of drug-likeness (QED) is 0.747. The van der Waals surface area contributed by atoms with Crippen LogP contribution in [0.1, 0.15) is 35.2 Å². The maximum Gasteiger partial charge on any atom is 0.123 e. The van der Waals surface area contributed by atoms with Gasteiger partial charge in [-0.2, -0.15) is 0 Å². The molecule has 0 spiro atoms. The Morgan fingerprint density at radius 3 is 2.59 bits per heavy atom. The largest absolute Gasteiger partial charge is 0.496 e. The Labute approximate surface area is 112 Å². The van der Waals surface area contributed by atoms with Gasteiger partial charge in [-0.25, -0.2) is 0 Å². The summed E-state index contributed by atoms with van der Waals surface area (Å²) in [6, 6.07) is 6.48. The SMILES string of the molecule is COc1ccc(C)cc1C(Br)C1CC2CC2C1. The lowest BCUT2D eigenvalue weighted by Crippen LogP contribution is -2.07. The van der Waals surface area contributed by atoms with Crippen molar-refractivity contribution in [1.82, 2.24) is 0 Å². The van der Waals surface area contributed by atoms with E-state index in [4.69, 9.17) is 4.74 Å². The lowest BCUT2D eigenvalue weighted by molar-refractivity contribution is 0.400. The number of benzene rings is 1. The van der Waals surface area contributed by atoms with Crippen molar-refractivity contribution in [1.29, 1.82) is 0 Å². The number of alkyl halides is 1. The molecule has 2 heteroatoms. The minimum Gasteiger partial charge on any atom is -0.496 e. The number of fused-ring (bicyclic) bond motifs is 1. The van der Waals surface area contributed by atoms with E-state index in [-0.39, 0.29) is 0 Å². The van der Waals surface area contributed by atoms with Crippen LogP contribution in [-0.4, -0.2) is 7.11 Å². The highest BCUT2D eigenvalue weighted by Crippen LogP contribution is 2.59. The maximum atomic E-state index is 5.49. The molecule has 17 heavy (non-hydrogen) atoms. The van der Waals surface area contributed by atoms with Gasteiger partial charge in [-0.3, -0.25) is 0 Å². The van der Waals surface area contributed by atoms with Crippen LogP contribution in [0.5, 0.6) is 5.75 Å². The minimum absolute atomic E-state index is 0.463. The van der Waals surface area contributed by atoms with Gasteiger partial charge in [-0.15, -0.1) is 0 Å². The molecule has 3 atom stereocenters. The van der Waals surface area contributed by atoms with E-state index < -0.39 is 0 Å². The molecule has 0 aromatic heterocycles. The van der Waals surface area contributed by atoms with Crippen molar-refractivity contribution in [3.63, 3.8) is 0 Å². The van der Waals surface area contributed by atoms with Gasteiger partial charge in [0.1, 0.15) is 5.75 Å². The van der Waals surface area contributed by atoms with Crippen LogP contribution in [-0.2, 0) is 0 Å². The van der Waals surface area contributed by atoms with Crippen LogP contribution in [0.15, 0.2) is 18.2 Å². The van der Waals surface area contributed by atoms with E-state index in [0.29, 0.717) is 4.83 Å².